The maximum atomic E-state index is 13.9. The number of hydrogen-bond acceptors (Lipinski definition) is 3. The molecule has 1 unspecified atom stereocenters. The molecule has 5 rings (SSSR count). The van der Waals surface area contributed by atoms with E-state index in [1.807, 2.05) is 30.5 Å². The molecule has 0 spiro atoms. The molecule has 1 atom stereocenters. The van der Waals surface area contributed by atoms with Crippen LogP contribution in [0, 0.1) is 16.7 Å². The zero-order chi connectivity index (χ0) is 25.1. The number of imide groups is 1. The molecular formula is C28H30ClN3O3. The van der Waals surface area contributed by atoms with Gasteiger partial charge in [0.1, 0.15) is 6.04 Å². The van der Waals surface area contributed by atoms with Gasteiger partial charge in [0.15, 0.2) is 0 Å². The second kappa shape index (κ2) is 8.23. The Morgan fingerprint density at radius 2 is 1.71 bits per heavy atom. The monoisotopic (exact) mass is 491 g/mol. The Kier molecular flexibility index (Phi) is 5.55. The lowest BCUT2D eigenvalue weighted by molar-refractivity contribution is -0.140. The molecule has 1 N–H and O–H groups in total. The van der Waals surface area contributed by atoms with Gasteiger partial charge in [-0.1, -0.05) is 57.5 Å². The number of amides is 3. The number of anilines is 1. The van der Waals surface area contributed by atoms with E-state index < -0.39 is 6.04 Å². The number of aromatic amines is 1. The van der Waals surface area contributed by atoms with Crippen molar-refractivity contribution in [2.75, 3.05) is 11.4 Å². The van der Waals surface area contributed by atoms with Crippen LogP contribution < -0.4 is 4.90 Å². The van der Waals surface area contributed by atoms with Crippen LogP contribution in [0.4, 0.5) is 5.69 Å². The van der Waals surface area contributed by atoms with Crippen LogP contribution in [0.3, 0.4) is 0 Å². The molecule has 1 saturated carbocycles. The van der Waals surface area contributed by atoms with Crippen LogP contribution in [0.5, 0.6) is 0 Å². The van der Waals surface area contributed by atoms with Crippen molar-refractivity contribution < 1.29 is 14.4 Å². The second-order valence-electron chi connectivity index (χ2n) is 10.8. The normalized spacial score (nSPS) is 21.1. The molecule has 2 fully saturated rings. The van der Waals surface area contributed by atoms with Crippen molar-refractivity contribution in [2.45, 2.75) is 46.6 Å². The molecule has 6 nitrogen and oxygen atoms in total. The molecule has 0 bridgehead atoms. The fourth-order valence-corrected chi connectivity index (χ4v) is 5.83. The van der Waals surface area contributed by atoms with Crippen molar-refractivity contribution in [1.29, 1.82) is 0 Å². The number of hydrogen-bond donors (Lipinski definition) is 1. The Balaban J connectivity index is 1.45. The molecule has 3 aromatic rings. The third-order valence-electron chi connectivity index (χ3n) is 8.43. The second-order valence-corrected chi connectivity index (χ2v) is 11.2. The number of nitrogens with zero attached hydrogens (tertiary/aromatic N) is 2. The van der Waals surface area contributed by atoms with E-state index in [0.29, 0.717) is 23.7 Å². The van der Waals surface area contributed by atoms with E-state index in [1.54, 1.807) is 29.2 Å². The van der Waals surface area contributed by atoms with Gasteiger partial charge >= 0.3 is 0 Å². The highest BCUT2D eigenvalue weighted by Gasteiger charge is 2.69. The maximum Gasteiger partial charge on any atom is 0.257 e. The minimum Gasteiger partial charge on any atom is -0.361 e. The van der Waals surface area contributed by atoms with Crippen LogP contribution in [0.25, 0.3) is 10.9 Å². The average Bonchev–Trinajstić information content (AvgIpc) is 3.12. The molecule has 7 heteroatoms. The summed E-state index contributed by atoms with van der Waals surface area (Å²) in [6.45, 7) is 8.73. The van der Waals surface area contributed by atoms with Crippen molar-refractivity contribution in [3.63, 3.8) is 0 Å². The van der Waals surface area contributed by atoms with Crippen molar-refractivity contribution in [2.24, 2.45) is 16.7 Å². The zero-order valence-corrected chi connectivity index (χ0v) is 21.2. The average molecular weight is 492 g/mol. The van der Waals surface area contributed by atoms with E-state index in [0.717, 1.165) is 16.5 Å². The predicted molar refractivity (Wildman–Crippen MR) is 137 cm³/mol. The Morgan fingerprint density at radius 1 is 1.06 bits per heavy atom. The minimum absolute atomic E-state index is 0.0192. The van der Waals surface area contributed by atoms with Crippen LogP contribution in [0.2, 0.25) is 5.02 Å². The first-order valence-corrected chi connectivity index (χ1v) is 12.4. The highest BCUT2D eigenvalue weighted by atomic mass is 35.5. The van der Waals surface area contributed by atoms with Gasteiger partial charge in [-0.25, -0.2) is 4.90 Å². The molecule has 1 aliphatic carbocycles. The van der Waals surface area contributed by atoms with Gasteiger partial charge in [0.2, 0.25) is 11.8 Å². The Morgan fingerprint density at radius 3 is 2.37 bits per heavy atom. The number of rotatable bonds is 6. The largest absolute Gasteiger partial charge is 0.361 e. The number of H-pyrrole nitrogens is 1. The molecule has 1 saturated heterocycles. The lowest BCUT2D eigenvalue weighted by Gasteiger charge is -2.29. The van der Waals surface area contributed by atoms with Gasteiger partial charge in [0, 0.05) is 34.6 Å². The maximum absolute atomic E-state index is 13.9. The topological polar surface area (TPSA) is 73.5 Å². The Bertz CT molecular complexity index is 1310. The van der Waals surface area contributed by atoms with Crippen LogP contribution in [-0.2, 0) is 20.8 Å². The number of carbonyl (C=O) groups excluding carboxylic acids is 3. The number of halogens is 1. The molecule has 2 aliphatic rings. The van der Waals surface area contributed by atoms with E-state index in [-0.39, 0.29) is 40.9 Å². The zero-order valence-electron chi connectivity index (χ0n) is 20.5. The van der Waals surface area contributed by atoms with E-state index in [9.17, 15) is 14.4 Å². The van der Waals surface area contributed by atoms with E-state index in [1.165, 1.54) is 4.90 Å². The lowest BCUT2D eigenvalue weighted by Crippen LogP contribution is -2.47. The number of fused-ring (bicyclic) bond motifs is 1. The quantitative estimate of drug-likeness (QED) is 0.481. The summed E-state index contributed by atoms with van der Waals surface area (Å²) in [5.74, 6) is -0.920. The van der Waals surface area contributed by atoms with Crippen molar-refractivity contribution >= 4 is 45.9 Å². The van der Waals surface area contributed by atoms with Crippen molar-refractivity contribution in [3.8, 4) is 0 Å². The third kappa shape index (κ3) is 3.75. The summed E-state index contributed by atoms with van der Waals surface area (Å²) in [5.41, 5.74) is 2.24. The number of benzene rings is 2. The molecule has 1 aromatic heterocycles. The SMILES string of the molecule is CC1(C)C(C(=O)N(CCc2c[nH]c3ccccc23)C2CC(=O)N(c3ccc(Cl)cc3)C2=O)C1(C)C. The van der Waals surface area contributed by atoms with Gasteiger partial charge in [0.25, 0.3) is 5.91 Å². The number of para-hydroxylation sites is 1. The fraction of sp³-hybridized carbons (Fsp3) is 0.393. The summed E-state index contributed by atoms with van der Waals surface area (Å²) in [4.78, 5) is 46.6. The fourth-order valence-electron chi connectivity index (χ4n) is 5.70. The van der Waals surface area contributed by atoms with E-state index >= 15 is 0 Å². The molecule has 2 heterocycles. The van der Waals surface area contributed by atoms with Gasteiger partial charge in [0.05, 0.1) is 12.1 Å². The van der Waals surface area contributed by atoms with Crippen LogP contribution >= 0.6 is 11.6 Å². The first-order chi connectivity index (χ1) is 16.5. The van der Waals surface area contributed by atoms with Gasteiger partial charge in [-0.3, -0.25) is 14.4 Å². The Hall–Kier alpha value is -3.12. The summed E-state index contributed by atoms with van der Waals surface area (Å²) >= 11 is 5.99. The number of carbonyl (C=O) groups is 3. The van der Waals surface area contributed by atoms with Crippen LogP contribution in [0.1, 0.15) is 39.7 Å². The molecule has 1 aliphatic heterocycles. The molecule has 2 aromatic carbocycles. The van der Waals surface area contributed by atoms with Crippen molar-refractivity contribution in [3.05, 3.63) is 65.3 Å². The highest BCUT2D eigenvalue weighted by Crippen LogP contribution is 2.69. The highest BCUT2D eigenvalue weighted by molar-refractivity contribution is 6.31. The summed E-state index contributed by atoms with van der Waals surface area (Å²) < 4.78 is 0. The Labute approximate surface area is 210 Å². The third-order valence-corrected chi connectivity index (χ3v) is 8.68. The summed E-state index contributed by atoms with van der Waals surface area (Å²) in [5, 5.41) is 1.63. The van der Waals surface area contributed by atoms with Gasteiger partial charge in [-0.05, 0) is 53.1 Å². The molecule has 3 amide bonds. The van der Waals surface area contributed by atoms with E-state index in [4.69, 9.17) is 11.6 Å². The molecule has 182 valence electrons. The molecular weight excluding hydrogens is 462 g/mol. The van der Waals surface area contributed by atoms with Gasteiger partial charge in [-0.2, -0.15) is 0 Å². The first-order valence-electron chi connectivity index (χ1n) is 12.0. The summed E-state index contributed by atoms with van der Waals surface area (Å²) in [6.07, 6.45) is 2.52. The lowest BCUT2D eigenvalue weighted by atomic mass is 10.0. The van der Waals surface area contributed by atoms with Crippen LogP contribution in [0.15, 0.2) is 54.7 Å². The summed E-state index contributed by atoms with van der Waals surface area (Å²) in [6, 6.07) is 13.8. The summed E-state index contributed by atoms with van der Waals surface area (Å²) in [7, 11) is 0. The van der Waals surface area contributed by atoms with Gasteiger partial charge < -0.3 is 9.88 Å². The smallest absolute Gasteiger partial charge is 0.257 e. The number of nitrogens with one attached hydrogen (secondary N) is 1. The number of aromatic nitrogens is 1. The first kappa shape index (κ1) is 23.6. The van der Waals surface area contributed by atoms with E-state index in [2.05, 4.69) is 32.7 Å². The van der Waals surface area contributed by atoms with Crippen molar-refractivity contribution in [1.82, 2.24) is 9.88 Å². The standard InChI is InChI=1S/C28H30ClN3O3/c1-27(2)24(28(27,3)4)26(35)31(14-13-17-16-30-21-8-6-5-7-20(17)21)22-15-23(33)32(25(22)34)19-11-9-18(29)10-12-19/h5-12,16,22,24,30H,13-15H2,1-4H3. The van der Waals surface area contributed by atoms with Gasteiger partial charge in [-0.15, -0.1) is 0 Å². The predicted octanol–water partition coefficient (Wildman–Crippen LogP) is 5.21. The minimum atomic E-state index is -0.817. The molecule has 35 heavy (non-hydrogen) atoms. The van der Waals surface area contributed by atoms with Crippen LogP contribution in [-0.4, -0.2) is 40.2 Å². The molecule has 0 radical (unpaired) electrons.